The molecule has 0 aliphatic rings. The Bertz CT molecular complexity index is 404. The fourth-order valence-corrected chi connectivity index (χ4v) is 1.36. The highest BCUT2D eigenvalue weighted by Crippen LogP contribution is 2.42. The van der Waals surface area contributed by atoms with Crippen LogP contribution in [0.2, 0.25) is 0 Å². The SMILES string of the molecule is Cc1c(C(F)(F)F)ccc(O)c1C(F)(F)F. The van der Waals surface area contributed by atoms with Gasteiger partial charge in [-0.05, 0) is 24.6 Å². The quantitative estimate of drug-likeness (QED) is 0.689. The predicted molar refractivity (Wildman–Crippen MR) is 42.8 cm³/mol. The number of phenolic OH excluding ortho intramolecular Hbond substituents is 1. The third-order valence-corrected chi connectivity index (χ3v) is 2.03. The minimum absolute atomic E-state index is 0.388. The van der Waals surface area contributed by atoms with Gasteiger partial charge in [-0.25, -0.2) is 0 Å². The minimum Gasteiger partial charge on any atom is -0.507 e. The number of benzene rings is 1. The van der Waals surface area contributed by atoms with Crippen molar-refractivity contribution in [3.63, 3.8) is 0 Å². The lowest BCUT2D eigenvalue weighted by Crippen LogP contribution is -2.14. The van der Waals surface area contributed by atoms with E-state index >= 15 is 0 Å². The van der Waals surface area contributed by atoms with E-state index in [0.717, 1.165) is 0 Å². The lowest BCUT2D eigenvalue weighted by molar-refractivity contribution is -0.144. The Kier molecular flexibility index (Phi) is 2.82. The van der Waals surface area contributed by atoms with Gasteiger partial charge in [0.15, 0.2) is 0 Å². The van der Waals surface area contributed by atoms with Crippen molar-refractivity contribution in [2.24, 2.45) is 0 Å². The van der Waals surface area contributed by atoms with Crippen molar-refractivity contribution in [2.45, 2.75) is 19.3 Å². The number of phenols is 1. The Morgan fingerprint density at radius 1 is 0.938 bits per heavy atom. The molecular weight excluding hydrogens is 238 g/mol. The highest BCUT2D eigenvalue weighted by Gasteiger charge is 2.41. The van der Waals surface area contributed by atoms with Crippen molar-refractivity contribution < 1.29 is 31.4 Å². The molecule has 1 aromatic rings. The summed E-state index contributed by atoms with van der Waals surface area (Å²) >= 11 is 0. The second-order valence-corrected chi connectivity index (χ2v) is 3.13. The van der Waals surface area contributed by atoms with Crippen LogP contribution in [0.25, 0.3) is 0 Å². The molecule has 1 N–H and O–H groups in total. The van der Waals surface area contributed by atoms with E-state index in [-0.39, 0.29) is 0 Å². The van der Waals surface area contributed by atoms with Crippen molar-refractivity contribution in [1.29, 1.82) is 0 Å². The van der Waals surface area contributed by atoms with Gasteiger partial charge in [-0.3, -0.25) is 0 Å². The van der Waals surface area contributed by atoms with Crippen LogP contribution in [0.4, 0.5) is 26.3 Å². The van der Waals surface area contributed by atoms with Gasteiger partial charge in [0.25, 0.3) is 0 Å². The lowest BCUT2D eigenvalue weighted by atomic mass is 10.0. The summed E-state index contributed by atoms with van der Waals surface area (Å²) in [6, 6.07) is 0.804. The molecule has 0 heterocycles. The molecular formula is C9H6F6O. The highest BCUT2D eigenvalue weighted by atomic mass is 19.4. The van der Waals surface area contributed by atoms with Crippen molar-refractivity contribution in [3.8, 4) is 5.75 Å². The first kappa shape index (κ1) is 12.7. The van der Waals surface area contributed by atoms with Crippen molar-refractivity contribution in [2.75, 3.05) is 0 Å². The first-order chi connectivity index (χ1) is 7.05. The van der Waals surface area contributed by atoms with Gasteiger partial charge in [-0.1, -0.05) is 0 Å². The molecule has 1 nitrogen and oxygen atoms in total. The van der Waals surface area contributed by atoms with Gasteiger partial charge in [0.2, 0.25) is 0 Å². The molecule has 0 radical (unpaired) electrons. The van der Waals surface area contributed by atoms with Crippen LogP contribution in [0.5, 0.6) is 5.75 Å². The molecule has 0 aliphatic heterocycles. The molecule has 0 amide bonds. The van der Waals surface area contributed by atoms with Crippen molar-refractivity contribution >= 4 is 0 Å². The molecule has 0 saturated heterocycles. The Morgan fingerprint density at radius 2 is 1.44 bits per heavy atom. The molecule has 0 aliphatic carbocycles. The van der Waals surface area contributed by atoms with Crippen LogP contribution in [0, 0.1) is 6.92 Å². The molecule has 7 heteroatoms. The fraction of sp³-hybridized carbons (Fsp3) is 0.333. The normalized spacial score (nSPS) is 12.9. The number of halogens is 6. The van der Waals surface area contributed by atoms with Crippen LogP contribution in [-0.4, -0.2) is 5.11 Å². The number of alkyl halides is 6. The van der Waals surface area contributed by atoms with Crippen LogP contribution in [-0.2, 0) is 12.4 Å². The summed E-state index contributed by atoms with van der Waals surface area (Å²) in [4.78, 5) is 0. The summed E-state index contributed by atoms with van der Waals surface area (Å²) in [5.41, 5.74) is -4.08. The summed E-state index contributed by atoms with van der Waals surface area (Å²) in [6.07, 6.45) is -9.90. The largest absolute Gasteiger partial charge is 0.507 e. The summed E-state index contributed by atoms with van der Waals surface area (Å²) in [5.74, 6) is -1.21. The van der Waals surface area contributed by atoms with Gasteiger partial charge < -0.3 is 5.11 Å². The van der Waals surface area contributed by atoms with Gasteiger partial charge in [0.1, 0.15) is 11.3 Å². The van der Waals surface area contributed by atoms with E-state index in [0.29, 0.717) is 19.1 Å². The van der Waals surface area contributed by atoms with E-state index < -0.39 is 34.8 Å². The Labute approximate surface area is 86.3 Å². The second kappa shape index (κ2) is 3.57. The summed E-state index contributed by atoms with van der Waals surface area (Å²) in [7, 11) is 0. The zero-order chi connectivity index (χ0) is 12.7. The van der Waals surface area contributed by atoms with Crippen molar-refractivity contribution in [1.82, 2.24) is 0 Å². The van der Waals surface area contributed by atoms with E-state index in [9.17, 15) is 26.3 Å². The van der Waals surface area contributed by atoms with Crippen LogP contribution in [0.15, 0.2) is 12.1 Å². The van der Waals surface area contributed by atoms with E-state index in [1.165, 1.54) is 0 Å². The first-order valence-electron chi connectivity index (χ1n) is 4.02. The van der Waals surface area contributed by atoms with E-state index in [4.69, 9.17) is 5.11 Å². The van der Waals surface area contributed by atoms with Crippen LogP contribution >= 0.6 is 0 Å². The summed E-state index contributed by atoms with van der Waals surface area (Å²) in [6.45, 7) is 0.672. The summed E-state index contributed by atoms with van der Waals surface area (Å²) < 4.78 is 73.9. The number of aromatic hydroxyl groups is 1. The maximum atomic E-state index is 12.4. The molecule has 90 valence electrons. The Morgan fingerprint density at radius 3 is 1.81 bits per heavy atom. The van der Waals surface area contributed by atoms with Gasteiger partial charge in [-0.15, -0.1) is 0 Å². The number of hydrogen-bond acceptors (Lipinski definition) is 1. The average Bonchev–Trinajstić information content (AvgIpc) is 1.97. The zero-order valence-corrected chi connectivity index (χ0v) is 7.87. The van der Waals surface area contributed by atoms with Gasteiger partial charge in [-0.2, -0.15) is 26.3 Å². The maximum absolute atomic E-state index is 12.4. The first-order valence-corrected chi connectivity index (χ1v) is 4.02. The third kappa shape index (κ3) is 2.23. The maximum Gasteiger partial charge on any atom is 0.420 e. The molecule has 1 rings (SSSR count). The van der Waals surface area contributed by atoms with Crippen LogP contribution in [0.3, 0.4) is 0 Å². The van der Waals surface area contributed by atoms with Gasteiger partial charge in [0, 0.05) is 0 Å². The summed E-state index contributed by atoms with van der Waals surface area (Å²) in [5, 5.41) is 8.93. The molecule has 0 spiro atoms. The zero-order valence-electron chi connectivity index (χ0n) is 7.87. The molecule has 16 heavy (non-hydrogen) atoms. The number of rotatable bonds is 0. The lowest BCUT2D eigenvalue weighted by Gasteiger charge is -2.17. The molecule has 0 aromatic heterocycles. The topological polar surface area (TPSA) is 20.2 Å². The van der Waals surface area contributed by atoms with Gasteiger partial charge >= 0.3 is 12.4 Å². The Hall–Kier alpha value is -1.40. The third-order valence-electron chi connectivity index (χ3n) is 2.03. The molecule has 0 saturated carbocycles. The van der Waals surface area contributed by atoms with E-state index in [1.807, 2.05) is 0 Å². The fourth-order valence-electron chi connectivity index (χ4n) is 1.36. The van der Waals surface area contributed by atoms with Crippen molar-refractivity contribution in [3.05, 3.63) is 28.8 Å². The smallest absolute Gasteiger partial charge is 0.420 e. The molecule has 0 bridgehead atoms. The second-order valence-electron chi connectivity index (χ2n) is 3.13. The molecule has 1 aromatic carbocycles. The molecule has 0 fully saturated rings. The minimum atomic E-state index is -5.02. The van der Waals surface area contributed by atoms with Crippen LogP contribution < -0.4 is 0 Å². The van der Waals surface area contributed by atoms with Crippen LogP contribution in [0.1, 0.15) is 16.7 Å². The monoisotopic (exact) mass is 244 g/mol. The Balaban J connectivity index is 3.52. The molecule has 0 atom stereocenters. The number of hydrogen-bond donors (Lipinski definition) is 1. The average molecular weight is 244 g/mol. The van der Waals surface area contributed by atoms with E-state index in [2.05, 4.69) is 0 Å². The highest BCUT2D eigenvalue weighted by molar-refractivity contribution is 5.46. The predicted octanol–water partition coefficient (Wildman–Crippen LogP) is 3.74. The standard InChI is InChI=1S/C9H6F6O/c1-4-5(8(10,11)12)2-3-6(16)7(4)9(13,14)15/h2-3,16H,1H3. The molecule has 0 unspecified atom stereocenters. The van der Waals surface area contributed by atoms with E-state index in [1.54, 1.807) is 0 Å². The van der Waals surface area contributed by atoms with Gasteiger partial charge in [0.05, 0.1) is 5.56 Å².